The maximum absolute atomic E-state index is 13.0. The van der Waals surface area contributed by atoms with E-state index in [0.29, 0.717) is 12.1 Å². The van der Waals surface area contributed by atoms with Crippen molar-refractivity contribution in [2.45, 2.75) is 23.8 Å². The Morgan fingerprint density at radius 1 is 1.59 bits per heavy atom. The minimum atomic E-state index is -0.427. The molecule has 92 valence electrons. The number of amides is 1. The van der Waals surface area contributed by atoms with E-state index in [2.05, 4.69) is 17.9 Å². The third-order valence-corrected chi connectivity index (χ3v) is 3.07. The third kappa shape index (κ3) is 3.20. The molecule has 3 nitrogen and oxygen atoms in total. The summed E-state index contributed by atoms with van der Waals surface area (Å²) in [5, 5.41) is 2.77. The molecule has 0 saturated carbocycles. The maximum atomic E-state index is 13.0. The highest BCUT2D eigenvalue weighted by atomic mass is 32.1. The van der Waals surface area contributed by atoms with Gasteiger partial charge in [0.1, 0.15) is 5.82 Å². The van der Waals surface area contributed by atoms with Gasteiger partial charge in [-0.2, -0.15) is 0 Å². The molecule has 1 aromatic rings. The van der Waals surface area contributed by atoms with Crippen LogP contribution in [-0.2, 0) is 4.74 Å². The monoisotopic (exact) mass is 255 g/mol. The minimum Gasteiger partial charge on any atom is -0.376 e. The van der Waals surface area contributed by atoms with Crippen LogP contribution in [-0.4, -0.2) is 25.2 Å². The second-order valence-electron chi connectivity index (χ2n) is 4.01. The van der Waals surface area contributed by atoms with E-state index >= 15 is 0 Å². The average molecular weight is 255 g/mol. The van der Waals surface area contributed by atoms with Gasteiger partial charge in [0.2, 0.25) is 0 Å². The first-order chi connectivity index (χ1) is 8.16. The van der Waals surface area contributed by atoms with Crippen LogP contribution in [0.4, 0.5) is 4.39 Å². The zero-order chi connectivity index (χ0) is 12.3. The summed E-state index contributed by atoms with van der Waals surface area (Å²) in [6.45, 7) is 1.26. The van der Waals surface area contributed by atoms with Gasteiger partial charge in [0.05, 0.1) is 6.10 Å². The van der Waals surface area contributed by atoms with Gasteiger partial charge < -0.3 is 10.1 Å². The topological polar surface area (TPSA) is 38.3 Å². The number of halogens is 1. The molecule has 1 N–H and O–H groups in total. The smallest absolute Gasteiger partial charge is 0.251 e. The predicted molar refractivity (Wildman–Crippen MR) is 65.0 cm³/mol. The summed E-state index contributed by atoms with van der Waals surface area (Å²) in [5.41, 5.74) is 0.411. The van der Waals surface area contributed by atoms with Crippen LogP contribution in [0.1, 0.15) is 23.2 Å². The van der Waals surface area contributed by atoms with Gasteiger partial charge in [-0.15, -0.1) is 12.6 Å². The Labute approximate surface area is 105 Å². The highest BCUT2D eigenvalue weighted by molar-refractivity contribution is 7.80. The number of carbonyl (C=O) groups excluding carboxylic acids is 1. The van der Waals surface area contributed by atoms with Gasteiger partial charge >= 0.3 is 0 Å². The Kier molecular flexibility index (Phi) is 4.02. The number of thiol groups is 1. The van der Waals surface area contributed by atoms with Crippen molar-refractivity contribution in [3.8, 4) is 0 Å². The van der Waals surface area contributed by atoms with Crippen molar-refractivity contribution in [2.75, 3.05) is 13.2 Å². The van der Waals surface area contributed by atoms with Crippen LogP contribution in [0, 0.1) is 5.82 Å². The van der Waals surface area contributed by atoms with Gasteiger partial charge in [0, 0.05) is 23.6 Å². The Morgan fingerprint density at radius 3 is 3.06 bits per heavy atom. The Hall–Kier alpha value is -1.07. The fourth-order valence-electron chi connectivity index (χ4n) is 1.77. The molecule has 0 bridgehead atoms. The first kappa shape index (κ1) is 12.4. The lowest BCUT2D eigenvalue weighted by Crippen LogP contribution is -2.31. The molecule has 0 radical (unpaired) electrons. The van der Waals surface area contributed by atoms with Crippen molar-refractivity contribution in [3.05, 3.63) is 29.6 Å². The molecule has 1 atom stereocenters. The van der Waals surface area contributed by atoms with E-state index in [0.717, 1.165) is 19.4 Å². The largest absolute Gasteiger partial charge is 0.376 e. The third-order valence-electron chi connectivity index (χ3n) is 2.72. The van der Waals surface area contributed by atoms with Gasteiger partial charge in [-0.1, -0.05) is 0 Å². The van der Waals surface area contributed by atoms with Crippen LogP contribution in [0.2, 0.25) is 0 Å². The number of ether oxygens (including phenoxy) is 1. The SMILES string of the molecule is O=C(NCC1CCCO1)c1ccc(F)c(S)c1. The molecule has 1 aromatic carbocycles. The summed E-state index contributed by atoms with van der Waals surface area (Å²) in [6.07, 6.45) is 2.12. The quantitative estimate of drug-likeness (QED) is 0.811. The molecular formula is C12H14FNO2S. The lowest BCUT2D eigenvalue weighted by molar-refractivity contribution is 0.0857. The molecule has 0 aromatic heterocycles. The number of benzene rings is 1. The van der Waals surface area contributed by atoms with Crippen LogP contribution >= 0.6 is 12.6 Å². The fourth-order valence-corrected chi connectivity index (χ4v) is 1.98. The molecule has 0 aliphatic carbocycles. The van der Waals surface area contributed by atoms with Crippen LogP contribution in [0.25, 0.3) is 0 Å². The van der Waals surface area contributed by atoms with E-state index in [1.54, 1.807) is 0 Å². The molecule has 1 unspecified atom stereocenters. The normalized spacial score (nSPS) is 19.3. The van der Waals surface area contributed by atoms with Gasteiger partial charge in [0.15, 0.2) is 0 Å². The average Bonchev–Trinajstić information content (AvgIpc) is 2.82. The van der Waals surface area contributed by atoms with Crippen LogP contribution in [0.5, 0.6) is 0 Å². The van der Waals surface area contributed by atoms with E-state index in [4.69, 9.17) is 4.74 Å². The van der Waals surface area contributed by atoms with Crippen molar-refractivity contribution in [1.29, 1.82) is 0 Å². The molecule has 1 aliphatic rings. The minimum absolute atomic E-state index is 0.106. The number of nitrogens with one attached hydrogen (secondary N) is 1. The first-order valence-corrected chi connectivity index (χ1v) is 6.00. The molecule has 1 fully saturated rings. The molecule has 1 saturated heterocycles. The summed E-state index contributed by atoms with van der Waals surface area (Å²) in [4.78, 5) is 11.9. The number of rotatable bonds is 3. The maximum Gasteiger partial charge on any atom is 0.251 e. The Balaban J connectivity index is 1.92. The van der Waals surface area contributed by atoms with Crippen LogP contribution < -0.4 is 5.32 Å². The second-order valence-corrected chi connectivity index (χ2v) is 4.49. The van der Waals surface area contributed by atoms with Crippen molar-refractivity contribution < 1.29 is 13.9 Å². The van der Waals surface area contributed by atoms with Crippen LogP contribution in [0.3, 0.4) is 0 Å². The van der Waals surface area contributed by atoms with E-state index in [1.807, 2.05) is 0 Å². The van der Waals surface area contributed by atoms with E-state index in [9.17, 15) is 9.18 Å². The highest BCUT2D eigenvalue weighted by Gasteiger charge is 2.16. The molecule has 1 heterocycles. The molecule has 5 heteroatoms. The van der Waals surface area contributed by atoms with Crippen molar-refractivity contribution in [1.82, 2.24) is 5.32 Å². The predicted octanol–water partition coefficient (Wildman–Crippen LogP) is 2.02. The summed E-state index contributed by atoms with van der Waals surface area (Å²) >= 11 is 3.94. The standard InChI is InChI=1S/C12H14FNO2S/c13-10-4-3-8(6-11(10)17)12(15)14-7-9-2-1-5-16-9/h3-4,6,9,17H,1-2,5,7H2,(H,14,15). The van der Waals surface area contributed by atoms with Crippen molar-refractivity contribution in [2.24, 2.45) is 0 Å². The van der Waals surface area contributed by atoms with E-state index < -0.39 is 5.82 Å². The molecule has 1 amide bonds. The van der Waals surface area contributed by atoms with E-state index in [-0.39, 0.29) is 16.9 Å². The summed E-state index contributed by atoms with van der Waals surface area (Å²) in [6, 6.07) is 4.10. The Bertz CT molecular complexity index is 419. The van der Waals surface area contributed by atoms with Gasteiger partial charge in [-0.05, 0) is 31.0 Å². The first-order valence-electron chi connectivity index (χ1n) is 5.55. The van der Waals surface area contributed by atoms with Gasteiger partial charge in [0.25, 0.3) is 5.91 Å². The van der Waals surface area contributed by atoms with Crippen LogP contribution in [0.15, 0.2) is 23.1 Å². The summed E-state index contributed by atoms with van der Waals surface area (Å²) < 4.78 is 18.4. The summed E-state index contributed by atoms with van der Waals surface area (Å²) in [5.74, 6) is -0.653. The van der Waals surface area contributed by atoms with Gasteiger partial charge in [-0.25, -0.2) is 4.39 Å². The van der Waals surface area contributed by atoms with E-state index in [1.165, 1.54) is 18.2 Å². The molecule has 17 heavy (non-hydrogen) atoms. The zero-order valence-electron chi connectivity index (χ0n) is 9.28. The number of hydrogen-bond acceptors (Lipinski definition) is 3. The summed E-state index contributed by atoms with van der Waals surface area (Å²) in [7, 11) is 0. The zero-order valence-corrected chi connectivity index (χ0v) is 10.2. The van der Waals surface area contributed by atoms with Crippen molar-refractivity contribution >= 4 is 18.5 Å². The lowest BCUT2D eigenvalue weighted by atomic mass is 10.2. The van der Waals surface area contributed by atoms with Crippen molar-refractivity contribution in [3.63, 3.8) is 0 Å². The van der Waals surface area contributed by atoms with Gasteiger partial charge in [-0.3, -0.25) is 4.79 Å². The second kappa shape index (κ2) is 5.51. The molecule has 0 spiro atoms. The number of hydrogen-bond donors (Lipinski definition) is 2. The number of carbonyl (C=O) groups is 1. The fraction of sp³-hybridized carbons (Fsp3) is 0.417. The lowest BCUT2D eigenvalue weighted by Gasteiger charge is -2.11. The molecule has 1 aliphatic heterocycles. The molecule has 2 rings (SSSR count). The highest BCUT2D eigenvalue weighted by Crippen LogP contribution is 2.15. The molecular weight excluding hydrogens is 241 g/mol. The Morgan fingerprint density at radius 2 is 2.41 bits per heavy atom.